The average molecular weight is 372 g/mol. The molecule has 2 aromatic carbocycles. The number of hydrogen-bond acceptors (Lipinski definition) is 5. The van der Waals surface area contributed by atoms with E-state index in [1.54, 1.807) is 13.2 Å². The predicted octanol–water partition coefficient (Wildman–Crippen LogP) is 4.27. The summed E-state index contributed by atoms with van der Waals surface area (Å²) < 4.78 is 21.5. The Kier molecular flexibility index (Phi) is 9.38. The van der Waals surface area contributed by atoms with E-state index in [4.69, 9.17) is 18.9 Å². The zero-order chi connectivity index (χ0) is 19.3. The van der Waals surface area contributed by atoms with Crippen molar-refractivity contribution >= 4 is 6.29 Å². The zero-order valence-corrected chi connectivity index (χ0v) is 16.1. The first-order valence-corrected chi connectivity index (χ1v) is 9.26. The minimum atomic E-state index is 0.320. The minimum Gasteiger partial charge on any atom is -0.494 e. The molecule has 0 amide bonds. The Labute approximate surface area is 161 Å². The minimum absolute atomic E-state index is 0.320. The molecule has 0 N–H and O–H groups in total. The smallest absolute Gasteiger partial charge is 0.150 e. The quantitative estimate of drug-likeness (QED) is 0.299. The summed E-state index contributed by atoms with van der Waals surface area (Å²) >= 11 is 0. The van der Waals surface area contributed by atoms with Crippen LogP contribution in [0.5, 0.6) is 11.5 Å². The Morgan fingerprint density at radius 2 is 1.74 bits per heavy atom. The van der Waals surface area contributed by atoms with Crippen molar-refractivity contribution in [2.45, 2.75) is 26.2 Å². The number of hydrogen-bond donors (Lipinski definition) is 0. The van der Waals surface area contributed by atoms with Crippen LogP contribution in [0.3, 0.4) is 0 Å². The van der Waals surface area contributed by atoms with Crippen molar-refractivity contribution in [3.8, 4) is 11.5 Å². The van der Waals surface area contributed by atoms with E-state index in [1.165, 1.54) is 0 Å². The van der Waals surface area contributed by atoms with Crippen molar-refractivity contribution in [2.24, 2.45) is 0 Å². The first-order chi connectivity index (χ1) is 13.3. The molecule has 5 heteroatoms. The van der Waals surface area contributed by atoms with Crippen molar-refractivity contribution in [3.05, 3.63) is 59.2 Å². The summed E-state index contributed by atoms with van der Waals surface area (Å²) in [6.07, 6.45) is 3.35. The topological polar surface area (TPSA) is 54.0 Å². The fraction of sp³-hybridized carbons (Fsp3) is 0.409. The molecule has 0 radical (unpaired) electrons. The van der Waals surface area contributed by atoms with Gasteiger partial charge in [-0.05, 0) is 61.2 Å². The first-order valence-electron chi connectivity index (χ1n) is 9.26. The van der Waals surface area contributed by atoms with Crippen LogP contribution in [0.1, 0.15) is 41.3 Å². The van der Waals surface area contributed by atoms with Gasteiger partial charge in [0.1, 0.15) is 24.6 Å². The highest BCUT2D eigenvalue weighted by molar-refractivity contribution is 5.75. The van der Waals surface area contributed by atoms with Crippen LogP contribution in [-0.4, -0.2) is 40.0 Å². The number of methoxy groups -OCH3 is 1. The summed E-state index contributed by atoms with van der Waals surface area (Å²) in [6.45, 7) is 4.19. The van der Waals surface area contributed by atoms with E-state index < -0.39 is 0 Å². The molecule has 0 bridgehead atoms. The molecule has 27 heavy (non-hydrogen) atoms. The number of benzene rings is 2. The van der Waals surface area contributed by atoms with Gasteiger partial charge in [-0.25, -0.2) is 0 Å². The van der Waals surface area contributed by atoms with Crippen LogP contribution in [0.25, 0.3) is 0 Å². The van der Waals surface area contributed by atoms with Crippen molar-refractivity contribution in [1.29, 1.82) is 0 Å². The monoisotopic (exact) mass is 372 g/mol. The summed E-state index contributed by atoms with van der Waals surface area (Å²) in [6, 6.07) is 13.5. The van der Waals surface area contributed by atoms with Gasteiger partial charge >= 0.3 is 0 Å². The van der Waals surface area contributed by atoms with E-state index in [0.29, 0.717) is 38.6 Å². The van der Waals surface area contributed by atoms with Gasteiger partial charge in [0, 0.05) is 25.7 Å². The van der Waals surface area contributed by atoms with Crippen molar-refractivity contribution in [3.63, 3.8) is 0 Å². The molecule has 0 atom stereocenters. The third-order valence-electron chi connectivity index (χ3n) is 3.99. The van der Waals surface area contributed by atoms with Crippen molar-refractivity contribution in [1.82, 2.24) is 0 Å². The van der Waals surface area contributed by atoms with Gasteiger partial charge in [-0.15, -0.1) is 0 Å². The van der Waals surface area contributed by atoms with Gasteiger partial charge in [-0.1, -0.05) is 12.1 Å². The first kappa shape index (κ1) is 20.9. The van der Waals surface area contributed by atoms with Crippen LogP contribution in [-0.2, 0) is 15.9 Å². The highest BCUT2D eigenvalue weighted by Crippen LogP contribution is 2.24. The molecule has 0 fully saturated rings. The second-order valence-electron chi connectivity index (χ2n) is 6.11. The van der Waals surface area contributed by atoms with E-state index in [-0.39, 0.29) is 0 Å². The highest BCUT2D eigenvalue weighted by Gasteiger charge is 2.07. The van der Waals surface area contributed by atoms with Gasteiger partial charge in [0.15, 0.2) is 0 Å². The van der Waals surface area contributed by atoms with Crippen LogP contribution >= 0.6 is 0 Å². The van der Waals surface area contributed by atoms with Crippen LogP contribution < -0.4 is 9.47 Å². The van der Waals surface area contributed by atoms with Gasteiger partial charge in [0.2, 0.25) is 0 Å². The van der Waals surface area contributed by atoms with E-state index in [2.05, 4.69) is 0 Å². The van der Waals surface area contributed by atoms with E-state index in [0.717, 1.165) is 41.8 Å². The molecule has 0 spiro atoms. The lowest BCUT2D eigenvalue weighted by Gasteiger charge is -2.13. The molecule has 0 saturated heterocycles. The standard InChI is InChI=1S/C22H28O5/c1-3-26-21-9-6-18(7-10-21)14-20-15-19(16-23)8-11-22(20)27-13-5-4-12-25-17-24-2/h6-11,15-16H,3-5,12-14,17H2,1-2H3. The van der Waals surface area contributed by atoms with Crippen LogP contribution in [0.2, 0.25) is 0 Å². The van der Waals surface area contributed by atoms with E-state index >= 15 is 0 Å². The summed E-state index contributed by atoms with van der Waals surface area (Å²) in [5.41, 5.74) is 2.79. The van der Waals surface area contributed by atoms with Crippen LogP contribution in [0.15, 0.2) is 42.5 Å². The molecule has 0 aromatic heterocycles. The lowest BCUT2D eigenvalue weighted by molar-refractivity contribution is -0.0320. The SMILES string of the molecule is CCOc1ccc(Cc2cc(C=O)ccc2OCCCCOCOC)cc1. The molecule has 0 aliphatic heterocycles. The Bertz CT molecular complexity index is 682. The van der Waals surface area contributed by atoms with Gasteiger partial charge in [0.05, 0.1) is 13.2 Å². The fourth-order valence-electron chi connectivity index (χ4n) is 2.67. The molecular weight excluding hydrogens is 344 g/mol. The summed E-state index contributed by atoms with van der Waals surface area (Å²) in [7, 11) is 1.61. The molecular formula is C22H28O5. The fourth-order valence-corrected chi connectivity index (χ4v) is 2.67. The largest absolute Gasteiger partial charge is 0.494 e. The molecule has 0 saturated carbocycles. The second-order valence-corrected chi connectivity index (χ2v) is 6.11. The van der Waals surface area contributed by atoms with Gasteiger partial charge < -0.3 is 18.9 Å². The zero-order valence-electron chi connectivity index (χ0n) is 16.1. The van der Waals surface area contributed by atoms with Crippen LogP contribution in [0.4, 0.5) is 0 Å². The summed E-state index contributed by atoms with van der Waals surface area (Å²) in [5.74, 6) is 1.67. The van der Waals surface area contributed by atoms with Crippen molar-refractivity contribution in [2.75, 3.05) is 33.7 Å². The maximum atomic E-state index is 11.1. The normalized spacial score (nSPS) is 10.6. The Morgan fingerprint density at radius 3 is 2.44 bits per heavy atom. The lowest BCUT2D eigenvalue weighted by atomic mass is 10.0. The Balaban J connectivity index is 1.95. The number of carbonyl (C=O) groups is 1. The number of aldehydes is 1. The van der Waals surface area contributed by atoms with E-state index in [1.807, 2.05) is 43.3 Å². The Hall–Kier alpha value is -2.37. The van der Waals surface area contributed by atoms with Gasteiger partial charge in [-0.2, -0.15) is 0 Å². The molecule has 0 aliphatic carbocycles. The number of carbonyl (C=O) groups excluding carboxylic acids is 1. The maximum absolute atomic E-state index is 11.1. The molecule has 2 rings (SSSR count). The number of rotatable bonds is 13. The molecule has 2 aromatic rings. The number of unbranched alkanes of at least 4 members (excludes halogenated alkanes) is 1. The third kappa shape index (κ3) is 7.41. The summed E-state index contributed by atoms with van der Waals surface area (Å²) in [5, 5.41) is 0. The average Bonchev–Trinajstić information content (AvgIpc) is 2.70. The predicted molar refractivity (Wildman–Crippen MR) is 105 cm³/mol. The van der Waals surface area contributed by atoms with E-state index in [9.17, 15) is 4.79 Å². The number of ether oxygens (including phenoxy) is 4. The molecule has 146 valence electrons. The molecule has 0 unspecified atom stereocenters. The maximum Gasteiger partial charge on any atom is 0.150 e. The third-order valence-corrected chi connectivity index (χ3v) is 3.99. The molecule has 5 nitrogen and oxygen atoms in total. The lowest BCUT2D eigenvalue weighted by Crippen LogP contribution is -2.04. The Morgan fingerprint density at radius 1 is 0.963 bits per heavy atom. The van der Waals surface area contributed by atoms with Gasteiger partial charge in [-0.3, -0.25) is 4.79 Å². The van der Waals surface area contributed by atoms with Crippen molar-refractivity contribution < 1.29 is 23.7 Å². The second kappa shape index (κ2) is 12.1. The summed E-state index contributed by atoms with van der Waals surface area (Å²) in [4.78, 5) is 11.1. The van der Waals surface area contributed by atoms with Gasteiger partial charge in [0.25, 0.3) is 0 Å². The molecule has 0 aliphatic rings. The van der Waals surface area contributed by atoms with Crippen LogP contribution in [0, 0.1) is 0 Å². The highest BCUT2D eigenvalue weighted by atomic mass is 16.7. The molecule has 0 heterocycles.